The highest BCUT2D eigenvalue weighted by atomic mass is 79.9. The molecule has 0 bridgehead atoms. The molecule has 11 heavy (non-hydrogen) atoms. The minimum atomic E-state index is -0.754. The zero-order valence-corrected chi connectivity index (χ0v) is 7.58. The molecule has 1 aromatic carbocycles. The van der Waals surface area contributed by atoms with Crippen molar-refractivity contribution in [2.45, 2.75) is 12.6 Å². The molecule has 3 N–H and O–H groups in total. The van der Waals surface area contributed by atoms with Gasteiger partial charge in [0.05, 0.1) is 0 Å². The fourth-order valence-corrected chi connectivity index (χ4v) is 1.13. The first-order valence-electron chi connectivity index (χ1n) is 3.36. The third kappa shape index (κ3) is 3.01. The van der Waals surface area contributed by atoms with Crippen LogP contribution in [0.15, 0.2) is 28.7 Å². The van der Waals surface area contributed by atoms with Gasteiger partial charge in [0.1, 0.15) is 6.23 Å². The molecule has 0 amide bonds. The van der Waals surface area contributed by atoms with Crippen LogP contribution in [-0.2, 0) is 6.42 Å². The second-order valence-electron chi connectivity index (χ2n) is 2.40. The van der Waals surface area contributed by atoms with Crippen molar-refractivity contribution in [1.82, 2.24) is 0 Å². The standard InChI is InChI=1S/C8H10BrNO/c9-7-3-1-6(2-4-7)5-8(10)11/h1-4,8,11H,5,10H2. The van der Waals surface area contributed by atoms with Crippen molar-refractivity contribution in [1.29, 1.82) is 0 Å². The van der Waals surface area contributed by atoms with E-state index < -0.39 is 6.23 Å². The Kier molecular flexibility index (Phi) is 3.05. The van der Waals surface area contributed by atoms with Crippen molar-refractivity contribution in [2.75, 3.05) is 0 Å². The summed E-state index contributed by atoms with van der Waals surface area (Å²) in [5.41, 5.74) is 6.25. The maximum absolute atomic E-state index is 8.84. The van der Waals surface area contributed by atoms with E-state index in [0.29, 0.717) is 6.42 Å². The zero-order valence-electron chi connectivity index (χ0n) is 6.00. The smallest absolute Gasteiger partial charge is 0.106 e. The van der Waals surface area contributed by atoms with Crippen LogP contribution in [0.25, 0.3) is 0 Å². The largest absolute Gasteiger partial charge is 0.378 e. The fraction of sp³-hybridized carbons (Fsp3) is 0.250. The first-order valence-corrected chi connectivity index (χ1v) is 4.16. The Hall–Kier alpha value is -0.380. The molecule has 0 aliphatic rings. The van der Waals surface area contributed by atoms with E-state index >= 15 is 0 Å². The molecule has 1 atom stereocenters. The molecule has 2 nitrogen and oxygen atoms in total. The second kappa shape index (κ2) is 3.85. The van der Waals surface area contributed by atoms with E-state index in [-0.39, 0.29) is 0 Å². The van der Waals surface area contributed by atoms with Gasteiger partial charge in [0, 0.05) is 10.9 Å². The van der Waals surface area contributed by atoms with Gasteiger partial charge in [-0.1, -0.05) is 28.1 Å². The number of benzene rings is 1. The minimum absolute atomic E-state index is 0.507. The van der Waals surface area contributed by atoms with Crippen LogP contribution in [0.3, 0.4) is 0 Å². The quantitative estimate of drug-likeness (QED) is 0.731. The molecule has 0 radical (unpaired) electrons. The predicted molar refractivity (Wildman–Crippen MR) is 48.0 cm³/mol. The average Bonchev–Trinajstić information content (AvgIpc) is 1.93. The van der Waals surface area contributed by atoms with E-state index in [4.69, 9.17) is 10.8 Å². The molecular formula is C8H10BrNO. The number of halogens is 1. The number of hydrogen-bond acceptors (Lipinski definition) is 2. The lowest BCUT2D eigenvalue weighted by Crippen LogP contribution is -2.21. The van der Waals surface area contributed by atoms with Crippen LogP contribution in [0.2, 0.25) is 0 Å². The van der Waals surface area contributed by atoms with E-state index in [0.717, 1.165) is 10.0 Å². The van der Waals surface area contributed by atoms with Crippen LogP contribution in [0.1, 0.15) is 5.56 Å². The van der Waals surface area contributed by atoms with Crippen LogP contribution in [-0.4, -0.2) is 11.3 Å². The number of nitrogens with two attached hydrogens (primary N) is 1. The molecule has 0 aromatic heterocycles. The van der Waals surface area contributed by atoms with Gasteiger partial charge in [0.15, 0.2) is 0 Å². The molecule has 0 fully saturated rings. The Morgan fingerprint density at radius 1 is 1.36 bits per heavy atom. The van der Waals surface area contributed by atoms with Crippen LogP contribution in [0.5, 0.6) is 0 Å². The van der Waals surface area contributed by atoms with Gasteiger partial charge in [-0.2, -0.15) is 0 Å². The highest BCUT2D eigenvalue weighted by Crippen LogP contribution is 2.10. The molecule has 60 valence electrons. The zero-order chi connectivity index (χ0) is 8.27. The SMILES string of the molecule is NC(O)Cc1ccc(Br)cc1. The van der Waals surface area contributed by atoms with Crippen molar-refractivity contribution in [3.63, 3.8) is 0 Å². The molecule has 0 heterocycles. The number of hydrogen-bond donors (Lipinski definition) is 2. The van der Waals surface area contributed by atoms with Gasteiger partial charge in [-0.05, 0) is 17.7 Å². The van der Waals surface area contributed by atoms with Crippen molar-refractivity contribution in [3.8, 4) is 0 Å². The lowest BCUT2D eigenvalue weighted by Gasteiger charge is -2.03. The molecule has 0 saturated heterocycles. The molecule has 0 spiro atoms. The average molecular weight is 216 g/mol. The monoisotopic (exact) mass is 215 g/mol. The van der Waals surface area contributed by atoms with Crippen LogP contribution in [0, 0.1) is 0 Å². The Balaban J connectivity index is 2.66. The van der Waals surface area contributed by atoms with Crippen molar-refractivity contribution >= 4 is 15.9 Å². The van der Waals surface area contributed by atoms with E-state index in [1.807, 2.05) is 24.3 Å². The first kappa shape index (κ1) is 8.71. The van der Waals surface area contributed by atoms with Crippen molar-refractivity contribution < 1.29 is 5.11 Å². The summed E-state index contributed by atoms with van der Waals surface area (Å²) in [7, 11) is 0. The minimum Gasteiger partial charge on any atom is -0.378 e. The van der Waals surface area contributed by atoms with Gasteiger partial charge < -0.3 is 10.8 Å². The summed E-state index contributed by atoms with van der Waals surface area (Å²) in [5, 5.41) is 8.84. The summed E-state index contributed by atoms with van der Waals surface area (Å²) in [5.74, 6) is 0. The van der Waals surface area contributed by atoms with Gasteiger partial charge in [-0.15, -0.1) is 0 Å². The second-order valence-corrected chi connectivity index (χ2v) is 3.31. The lowest BCUT2D eigenvalue weighted by atomic mass is 10.1. The topological polar surface area (TPSA) is 46.2 Å². The molecular weight excluding hydrogens is 206 g/mol. The van der Waals surface area contributed by atoms with E-state index in [2.05, 4.69) is 15.9 Å². The molecule has 0 aliphatic carbocycles. The predicted octanol–water partition coefficient (Wildman–Crippen LogP) is 1.27. The Morgan fingerprint density at radius 2 is 1.91 bits per heavy atom. The summed E-state index contributed by atoms with van der Waals surface area (Å²) in [6.45, 7) is 0. The van der Waals surface area contributed by atoms with Crippen molar-refractivity contribution in [2.24, 2.45) is 5.73 Å². The third-order valence-electron chi connectivity index (χ3n) is 1.36. The van der Waals surface area contributed by atoms with Crippen LogP contribution in [0.4, 0.5) is 0 Å². The third-order valence-corrected chi connectivity index (χ3v) is 1.89. The first-order chi connectivity index (χ1) is 5.18. The van der Waals surface area contributed by atoms with Crippen LogP contribution < -0.4 is 5.73 Å². The normalized spacial score (nSPS) is 13.0. The fourth-order valence-electron chi connectivity index (χ4n) is 0.862. The summed E-state index contributed by atoms with van der Waals surface area (Å²) in [6.07, 6.45) is -0.246. The highest BCUT2D eigenvalue weighted by molar-refractivity contribution is 9.10. The van der Waals surface area contributed by atoms with Gasteiger partial charge in [-0.25, -0.2) is 0 Å². The highest BCUT2D eigenvalue weighted by Gasteiger charge is 1.97. The number of aliphatic hydroxyl groups is 1. The number of rotatable bonds is 2. The van der Waals surface area contributed by atoms with Gasteiger partial charge in [-0.3, -0.25) is 0 Å². The molecule has 0 saturated carbocycles. The Labute approximate surface area is 74.2 Å². The van der Waals surface area contributed by atoms with E-state index in [1.54, 1.807) is 0 Å². The summed E-state index contributed by atoms with van der Waals surface area (Å²) in [6, 6.07) is 7.72. The maximum atomic E-state index is 8.84. The Bertz CT molecular complexity index is 220. The molecule has 1 unspecified atom stereocenters. The van der Waals surface area contributed by atoms with Gasteiger partial charge >= 0.3 is 0 Å². The maximum Gasteiger partial charge on any atom is 0.106 e. The van der Waals surface area contributed by atoms with Crippen molar-refractivity contribution in [3.05, 3.63) is 34.3 Å². The van der Waals surface area contributed by atoms with E-state index in [9.17, 15) is 0 Å². The van der Waals surface area contributed by atoms with E-state index in [1.165, 1.54) is 0 Å². The Morgan fingerprint density at radius 3 is 2.36 bits per heavy atom. The van der Waals surface area contributed by atoms with Crippen LogP contribution >= 0.6 is 15.9 Å². The lowest BCUT2D eigenvalue weighted by molar-refractivity contribution is 0.183. The number of aliphatic hydroxyl groups excluding tert-OH is 1. The summed E-state index contributed by atoms with van der Waals surface area (Å²) < 4.78 is 1.03. The summed E-state index contributed by atoms with van der Waals surface area (Å²) in [4.78, 5) is 0. The molecule has 0 aliphatic heterocycles. The van der Waals surface area contributed by atoms with Gasteiger partial charge in [0.25, 0.3) is 0 Å². The summed E-state index contributed by atoms with van der Waals surface area (Å²) >= 11 is 3.32. The molecule has 3 heteroatoms. The van der Waals surface area contributed by atoms with Gasteiger partial charge in [0.2, 0.25) is 0 Å². The molecule has 1 rings (SSSR count). The molecule has 1 aromatic rings.